The van der Waals surface area contributed by atoms with Gasteiger partial charge in [0.1, 0.15) is 11.9 Å². The number of methoxy groups -OCH3 is 1. The third-order valence-corrected chi connectivity index (χ3v) is 2.56. The molecule has 1 rings (SSSR count). The molecule has 0 bridgehead atoms. The Balaban J connectivity index is 2.90. The van der Waals surface area contributed by atoms with Crippen molar-refractivity contribution in [2.45, 2.75) is 18.6 Å². The van der Waals surface area contributed by atoms with E-state index in [0.29, 0.717) is 0 Å². The maximum atomic E-state index is 11.0. The monoisotopic (exact) mass is 270 g/mol. The van der Waals surface area contributed by atoms with Gasteiger partial charge in [-0.25, -0.2) is 4.79 Å². The van der Waals surface area contributed by atoms with Gasteiger partial charge >= 0.3 is 11.9 Å². The molecule has 0 radical (unpaired) electrons. The first kappa shape index (κ1) is 14.9. The van der Waals surface area contributed by atoms with Gasteiger partial charge < -0.3 is 25.2 Å². The molecule has 4 N–H and O–H groups in total. The molecule has 0 saturated heterocycles. The summed E-state index contributed by atoms with van der Waals surface area (Å²) in [5, 5.41) is 37.7. The minimum absolute atomic E-state index is 0.0681. The molecule has 0 amide bonds. The third-order valence-electron chi connectivity index (χ3n) is 2.56. The second-order valence-corrected chi connectivity index (χ2v) is 3.87. The number of carbonyl (C=O) groups is 2. The Kier molecular flexibility index (Phi) is 4.85. The molecule has 2 unspecified atom stereocenters. The van der Waals surface area contributed by atoms with E-state index in [4.69, 9.17) is 5.11 Å². The van der Waals surface area contributed by atoms with Crippen molar-refractivity contribution >= 4 is 11.9 Å². The zero-order valence-corrected chi connectivity index (χ0v) is 10.1. The number of ether oxygens (including phenoxy) is 1. The molecule has 0 spiro atoms. The van der Waals surface area contributed by atoms with E-state index in [9.17, 15) is 24.9 Å². The highest BCUT2D eigenvalue weighted by molar-refractivity contribution is 5.88. The number of esters is 1. The quantitative estimate of drug-likeness (QED) is 0.557. The summed E-state index contributed by atoms with van der Waals surface area (Å²) in [6.07, 6.45) is -3.44. The highest BCUT2D eigenvalue weighted by atomic mass is 16.5. The molecule has 7 heteroatoms. The van der Waals surface area contributed by atoms with Crippen LogP contribution in [0.25, 0.3) is 0 Å². The van der Waals surface area contributed by atoms with E-state index in [1.807, 2.05) is 0 Å². The number of hydrogen-bond acceptors (Lipinski definition) is 6. The van der Waals surface area contributed by atoms with Gasteiger partial charge in [0.2, 0.25) is 0 Å². The zero-order valence-electron chi connectivity index (χ0n) is 10.1. The lowest BCUT2D eigenvalue weighted by molar-refractivity contribution is -0.144. The van der Waals surface area contributed by atoms with Crippen molar-refractivity contribution in [3.05, 3.63) is 29.3 Å². The molecule has 104 valence electrons. The minimum atomic E-state index is -1.53. The summed E-state index contributed by atoms with van der Waals surface area (Å²) >= 11 is 0. The number of carboxylic acids is 1. The smallest absolute Gasteiger partial charge is 0.335 e. The van der Waals surface area contributed by atoms with Crippen molar-refractivity contribution in [3.63, 3.8) is 0 Å². The molecule has 0 heterocycles. The minimum Gasteiger partial charge on any atom is -0.508 e. The van der Waals surface area contributed by atoms with Gasteiger partial charge in [0.15, 0.2) is 0 Å². The average Bonchev–Trinajstić information content (AvgIpc) is 2.37. The van der Waals surface area contributed by atoms with Crippen LogP contribution in [0.1, 0.15) is 28.4 Å². The van der Waals surface area contributed by atoms with Gasteiger partial charge in [-0.1, -0.05) is 6.07 Å². The predicted octanol–water partition coefficient (Wildman–Crippen LogP) is 0.0478. The van der Waals surface area contributed by atoms with E-state index < -0.39 is 36.3 Å². The first-order chi connectivity index (χ1) is 8.86. The highest BCUT2D eigenvalue weighted by Crippen LogP contribution is 2.28. The Bertz CT molecular complexity index is 483. The van der Waals surface area contributed by atoms with Crippen molar-refractivity contribution < 1.29 is 34.8 Å². The number of phenols is 1. The molecule has 1 aromatic carbocycles. The van der Waals surface area contributed by atoms with Gasteiger partial charge in [-0.05, 0) is 12.1 Å². The lowest BCUT2D eigenvalue weighted by atomic mass is 9.99. The second kappa shape index (κ2) is 6.17. The van der Waals surface area contributed by atoms with Crippen molar-refractivity contribution in [2.75, 3.05) is 7.11 Å². The van der Waals surface area contributed by atoms with Crippen LogP contribution < -0.4 is 0 Å². The largest absolute Gasteiger partial charge is 0.508 e. The second-order valence-electron chi connectivity index (χ2n) is 3.87. The van der Waals surface area contributed by atoms with Gasteiger partial charge in [0.05, 0.1) is 25.2 Å². The standard InChI is InChI=1S/C12H14O7/c1-19-10(15)5-9(14)11(16)7-3-2-6(12(17)18)4-8(7)13/h2-4,9,11,13-14,16H,5H2,1H3,(H,17,18). The fourth-order valence-electron chi connectivity index (χ4n) is 1.50. The molecule has 7 nitrogen and oxygen atoms in total. The Labute approximate surface area is 108 Å². The van der Waals surface area contributed by atoms with E-state index in [0.717, 1.165) is 13.2 Å². The Morgan fingerprint density at radius 3 is 2.42 bits per heavy atom. The van der Waals surface area contributed by atoms with Crippen molar-refractivity contribution in [1.82, 2.24) is 0 Å². The summed E-state index contributed by atoms with van der Waals surface area (Å²) in [7, 11) is 1.14. The van der Waals surface area contributed by atoms with Gasteiger partial charge in [0, 0.05) is 5.56 Å². The third kappa shape index (κ3) is 3.67. The van der Waals surface area contributed by atoms with Crippen LogP contribution in [0, 0.1) is 0 Å². The van der Waals surface area contributed by atoms with E-state index in [1.54, 1.807) is 0 Å². The number of aromatic carboxylic acids is 1. The molecule has 0 aliphatic rings. The molecular formula is C12H14O7. The molecule has 0 saturated carbocycles. The van der Waals surface area contributed by atoms with Crippen LogP contribution in [-0.2, 0) is 9.53 Å². The summed E-state index contributed by atoms with van der Waals surface area (Å²) in [4.78, 5) is 21.6. The molecule has 0 fully saturated rings. The van der Waals surface area contributed by atoms with Crippen LogP contribution in [0.5, 0.6) is 5.75 Å². The topological polar surface area (TPSA) is 124 Å². The molecule has 1 aromatic rings. The maximum absolute atomic E-state index is 11.0. The van der Waals surface area contributed by atoms with Crippen LogP contribution in [0.15, 0.2) is 18.2 Å². The molecule has 19 heavy (non-hydrogen) atoms. The average molecular weight is 270 g/mol. The van der Waals surface area contributed by atoms with Crippen molar-refractivity contribution in [1.29, 1.82) is 0 Å². The lowest BCUT2D eigenvalue weighted by Gasteiger charge is -2.18. The summed E-state index contributed by atoms with van der Waals surface area (Å²) in [6, 6.07) is 3.29. The molecule has 0 aliphatic carbocycles. The fraction of sp³-hybridized carbons (Fsp3) is 0.333. The van der Waals surface area contributed by atoms with Crippen LogP contribution in [0.4, 0.5) is 0 Å². The number of carbonyl (C=O) groups excluding carboxylic acids is 1. The van der Waals surface area contributed by atoms with Crippen LogP contribution >= 0.6 is 0 Å². The Hall–Kier alpha value is -2.12. The maximum Gasteiger partial charge on any atom is 0.335 e. The number of benzene rings is 1. The van der Waals surface area contributed by atoms with E-state index in [1.165, 1.54) is 12.1 Å². The number of carboxylic acid groups (broad SMARTS) is 1. The van der Waals surface area contributed by atoms with Crippen LogP contribution in [0.3, 0.4) is 0 Å². The number of hydrogen-bond donors (Lipinski definition) is 4. The highest BCUT2D eigenvalue weighted by Gasteiger charge is 2.24. The normalized spacial score (nSPS) is 13.6. The molecule has 0 aliphatic heterocycles. The van der Waals surface area contributed by atoms with E-state index >= 15 is 0 Å². The molecular weight excluding hydrogens is 256 g/mol. The summed E-state index contributed by atoms with van der Waals surface area (Å²) in [6.45, 7) is 0. The van der Waals surface area contributed by atoms with Crippen LogP contribution in [0.2, 0.25) is 0 Å². The summed E-state index contributed by atoms with van der Waals surface area (Å²) in [5.41, 5.74) is -0.225. The molecule has 0 aromatic heterocycles. The van der Waals surface area contributed by atoms with Gasteiger partial charge in [-0.15, -0.1) is 0 Å². The van der Waals surface area contributed by atoms with E-state index in [-0.39, 0.29) is 11.1 Å². The zero-order chi connectivity index (χ0) is 14.6. The van der Waals surface area contributed by atoms with Crippen molar-refractivity contribution in [2.24, 2.45) is 0 Å². The van der Waals surface area contributed by atoms with Crippen LogP contribution in [-0.4, -0.2) is 45.6 Å². The lowest BCUT2D eigenvalue weighted by Crippen LogP contribution is -2.22. The van der Waals surface area contributed by atoms with Gasteiger partial charge in [-0.3, -0.25) is 4.79 Å². The number of phenolic OH excluding ortho intramolecular Hbond substituents is 1. The Morgan fingerprint density at radius 1 is 1.32 bits per heavy atom. The summed E-state index contributed by atoms with van der Waals surface area (Å²) in [5.74, 6) is -2.42. The van der Waals surface area contributed by atoms with Gasteiger partial charge in [-0.2, -0.15) is 0 Å². The fourth-order valence-corrected chi connectivity index (χ4v) is 1.50. The number of aliphatic hydroxyl groups is 2. The first-order valence-electron chi connectivity index (χ1n) is 5.36. The van der Waals surface area contributed by atoms with Gasteiger partial charge in [0.25, 0.3) is 0 Å². The first-order valence-corrected chi connectivity index (χ1v) is 5.36. The predicted molar refractivity (Wildman–Crippen MR) is 62.7 cm³/mol. The molecule has 2 atom stereocenters. The summed E-state index contributed by atoms with van der Waals surface area (Å²) < 4.78 is 4.34. The SMILES string of the molecule is COC(=O)CC(O)C(O)c1ccc(C(=O)O)cc1O. The Morgan fingerprint density at radius 2 is 1.95 bits per heavy atom. The number of aliphatic hydroxyl groups excluding tert-OH is 2. The van der Waals surface area contributed by atoms with E-state index in [2.05, 4.69) is 4.74 Å². The van der Waals surface area contributed by atoms with Crippen molar-refractivity contribution in [3.8, 4) is 5.75 Å². The number of aromatic hydroxyl groups is 1. The number of rotatable bonds is 5.